The van der Waals surface area contributed by atoms with Gasteiger partial charge in [0, 0.05) is 17.1 Å². The van der Waals surface area contributed by atoms with Crippen molar-refractivity contribution >= 4 is 23.2 Å². The number of halogens is 1. The van der Waals surface area contributed by atoms with Crippen molar-refractivity contribution in [1.29, 1.82) is 0 Å². The maximum Gasteiger partial charge on any atom is 0.249 e. The molecular weight excluding hydrogens is 314 g/mol. The lowest BCUT2D eigenvalue weighted by molar-refractivity contribution is -0.119. The molecule has 6 nitrogen and oxygen atoms in total. The Bertz CT molecular complexity index is 759. The summed E-state index contributed by atoms with van der Waals surface area (Å²) in [5, 5.41) is 14.6. The van der Waals surface area contributed by atoms with E-state index in [0.717, 1.165) is 5.56 Å². The van der Waals surface area contributed by atoms with Gasteiger partial charge in [0.15, 0.2) is 0 Å². The molecule has 0 aliphatic rings. The van der Waals surface area contributed by atoms with Gasteiger partial charge in [-0.05, 0) is 40.3 Å². The molecule has 0 radical (unpaired) electrons. The van der Waals surface area contributed by atoms with Gasteiger partial charge in [0.05, 0.1) is 0 Å². The minimum atomic E-state index is -0.539. The SMILES string of the molecule is O=C(Nc1ccc(Cl)cc1)[C@H](Cc1ccccc1)n1cnnn1. The molecule has 1 amide bonds. The Morgan fingerprint density at radius 3 is 2.52 bits per heavy atom. The Labute approximate surface area is 138 Å². The molecule has 3 aromatic rings. The first kappa shape index (κ1) is 15.2. The van der Waals surface area contributed by atoms with E-state index in [2.05, 4.69) is 20.8 Å². The molecule has 0 aliphatic carbocycles. The summed E-state index contributed by atoms with van der Waals surface area (Å²) in [5.74, 6) is -0.191. The number of anilines is 1. The van der Waals surface area contributed by atoms with Gasteiger partial charge in [-0.25, -0.2) is 4.68 Å². The lowest BCUT2D eigenvalue weighted by Crippen LogP contribution is -2.28. The highest BCUT2D eigenvalue weighted by molar-refractivity contribution is 6.30. The third-order valence-electron chi connectivity index (χ3n) is 3.37. The van der Waals surface area contributed by atoms with Crippen LogP contribution < -0.4 is 5.32 Å². The molecule has 7 heteroatoms. The Morgan fingerprint density at radius 2 is 1.87 bits per heavy atom. The average molecular weight is 328 g/mol. The van der Waals surface area contributed by atoms with Gasteiger partial charge in [0.25, 0.3) is 0 Å². The van der Waals surface area contributed by atoms with Gasteiger partial charge in [-0.2, -0.15) is 0 Å². The zero-order valence-corrected chi connectivity index (χ0v) is 12.9. The number of aromatic nitrogens is 4. The van der Waals surface area contributed by atoms with E-state index < -0.39 is 6.04 Å². The molecule has 0 unspecified atom stereocenters. The molecule has 0 saturated heterocycles. The first-order chi connectivity index (χ1) is 11.2. The number of rotatable bonds is 5. The van der Waals surface area contributed by atoms with E-state index >= 15 is 0 Å². The summed E-state index contributed by atoms with van der Waals surface area (Å²) in [5.41, 5.74) is 1.70. The van der Waals surface area contributed by atoms with Crippen molar-refractivity contribution in [2.24, 2.45) is 0 Å². The van der Waals surface area contributed by atoms with Crippen molar-refractivity contribution in [1.82, 2.24) is 20.2 Å². The number of benzene rings is 2. The minimum Gasteiger partial charge on any atom is -0.324 e. The third-order valence-corrected chi connectivity index (χ3v) is 3.62. The summed E-state index contributed by atoms with van der Waals surface area (Å²) < 4.78 is 1.46. The van der Waals surface area contributed by atoms with E-state index in [-0.39, 0.29) is 5.91 Å². The second-order valence-corrected chi connectivity index (χ2v) is 5.43. The summed E-state index contributed by atoms with van der Waals surface area (Å²) in [6.07, 6.45) is 1.93. The first-order valence-corrected chi connectivity index (χ1v) is 7.43. The Kier molecular flexibility index (Phi) is 4.63. The Hall–Kier alpha value is -2.73. The van der Waals surface area contributed by atoms with E-state index in [1.54, 1.807) is 24.3 Å². The molecular formula is C16H14ClN5O. The van der Waals surface area contributed by atoms with Crippen LogP contribution in [0.5, 0.6) is 0 Å². The fourth-order valence-electron chi connectivity index (χ4n) is 2.21. The smallest absolute Gasteiger partial charge is 0.249 e. The number of carbonyl (C=O) groups excluding carboxylic acids is 1. The number of amides is 1. The second-order valence-electron chi connectivity index (χ2n) is 4.99. The molecule has 1 heterocycles. The number of nitrogens with zero attached hydrogens (tertiary/aromatic N) is 4. The van der Waals surface area contributed by atoms with E-state index in [4.69, 9.17) is 11.6 Å². The van der Waals surface area contributed by atoms with Crippen LogP contribution in [0.15, 0.2) is 60.9 Å². The van der Waals surface area contributed by atoms with Crippen LogP contribution in [0.3, 0.4) is 0 Å². The molecule has 0 bridgehead atoms. The number of hydrogen-bond donors (Lipinski definition) is 1. The van der Waals surface area contributed by atoms with Crippen molar-refractivity contribution in [2.45, 2.75) is 12.5 Å². The zero-order valence-electron chi connectivity index (χ0n) is 12.1. The van der Waals surface area contributed by atoms with Crippen LogP contribution in [0.25, 0.3) is 0 Å². The van der Waals surface area contributed by atoms with Crippen LogP contribution in [0.4, 0.5) is 5.69 Å². The molecule has 0 fully saturated rings. The van der Waals surface area contributed by atoms with Gasteiger partial charge in [0.2, 0.25) is 5.91 Å². The zero-order chi connectivity index (χ0) is 16.1. The highest BCUT2D eigenvalue weighted by Crippen LogP contribution is 2.18. The number of nitrogens with one attached hydrogen (secondary N) is 1. The fourth-order valence-corrected chi connectivity index (χ4v) is 2.34. The lowest BCUT2D eigenvalue weighted by Gasteiger charge is -2.16. The summed E-state index contributed by atoms with van der Waals surface area (Å²) in [7, 11) is 0. The highest BCUT2D eigenvalue weighted by Gasteiger charge is 2.22. The summed E-state index contributed by atoms with van der Waals surface area (Å²) in [4.78, 5) is 12.6. The summed E-state index contributed by atoms with van der Waals surface area (Å²) >= 11 is 5.86. The van der Waals surface area contributed by atoms with Gasteiger partial charge in [0.1, 0.15) is 12.4 Å². The predicted octanol–water partition coefficient (Wildman–Crippen LogP) is 2.75. The molecule has 0 spiro atoms. The van der Waals surface area contributed by atoms with E-state index in [0.29, 0.717) is 17.1 Å². The van der Waals surface area contributed by atoms with Crippen molar-refractivity contribution in [3.8, 4) is 0 Å². The van der Waals surface area contributed by atoms with Crippen LogP contribution in [0.2, 0.25) is 5.02 Å². The van der Waals surface area contributed by atoms with Gasteiger partial charge >= 0.3 is 0 Å². The van der Waals surface area contributed by atoms with Crippen LogP contribution >= 0.6 is 11.6 Å². The normalized spacial score (nSPS) is 11.9. The molecule has 3 rings (SSSR count). The van der Waals surface area contributed by atoms with Gasteiger partial charge in [-0.15, -0.1) is 5.10 Å². The van der Waals surface area contributed by atoms with Gasteiger partial charge in [-0.1, -0.05) is 41.9 Å². The molecule has 0 saturated carbocycles. The standard InChI is InChI=1S/C16H14ClN5O/c17-13-6-8-14(9-7-13)19-16(23)15(22-11-18-20-21-22)10-12-4-2-1-3-5-12/h1-9,11,15H,10H2,(H,19,23)/t15-/m0/s1. The largest absolute Gasteiger partial charge is 0.324 e. The molecule has 1 aromatic heterocycles. The molecule has 1 atom stereocenters. The van der Waals surface area contributed by atoms with Crippen LogP contribution in [-0.4, -0.2) is 26.1 Å². The van der Waals surface area contributed by atoms with E-state index in [1.165, 1.54) is 11.0 Å². The molecule has 0 aliphatic heterocycles. The molecule has 1 N–H and O–H groups in total. The topological polar surface area (TPSA) is 72.7 Å². The monoisotopic (exact) mass is 327 g/mol. The average Bonchev–Trinajstić information content (AvgIpc) is 3.10. The first-order valence-electron chi connectivity index (χ1n) is 7.05. The van der Waals surface area contributed by atoms with Crippen LogP contribution in [-0.2, 0) is 11.2 Å². The van der Waals surface area contributed by atoms with Crippen molar-refractivity contribution in [3.63, 3.8) is 0 Å². The fraction of sp³-hybridized carbons (Fsp3) is 0.125. The molecule has 116 valence electrons. The van der Waals surface area contributed by atoms with Crippen molar-refractivity contribution in [2.75, 3.05) is 5.32 Å². The van der Waals surface area contributed by atoms with Crippen molar-refractivity contribution in [3.05, 3.63) is 71.5 Å². The third kappa shape index (κ3) is 3.92. The van der Waals surface area contributed by atoms with Crippen molar-refractivity contribution < 1.29 is 4.79 Å². The maximum absolute atomic E-state index is 12.6. The summed E-state index contributed by atoms with van der Waals surface area (Å²) in [6.45, 7) is 0. The number of carbonyl (C=O) groups is 1. The number of tetrazole rings is 1. The van der Waals surface area contributed by atoms with E-state index in [1.807, 2.05) is 30.3 Å². The van der Waals surface area contributed by atoms with Gasteiger partial charge in [-0.3, -0.25) is 4.79 Å². The predicted molar refractivity (Wildman–Crippen MR) is 87.1 cm³/mol. The Balaban J connectivity index is 1.80. The maximum atomic E-state index is 12.6. The molecule has 2 aromatic carbocycles. The van der Waals surface area contributed by atoms with E-state index in [9.17, 15) is 4.79 Å². The quantitative estimate of drug-likeness (QED) is 0.782. The minimum absolute atomic E-state index is 0.191. The second kappa shape index (κ2) is 7.02. The van der Waals surface area contributed by atoms with Crippen LogP contribution in [0.1, 0.15) is 11.6 Å². The highest BCUT2D eigenvalue weighted by atomic mass is 35.5. The lowest BCUT2D eigenvalue weighted by atomic mass is 10.1. The number of hydrogen-bond acceptors (Lipinski definition) is 4. The summed E-state index contributed by atoms with van der Waals surface area (Å²) in [6, 6.07) is 16.1. The Morgan fingerprint density at radius 1 is 1.13 bits per heavy atom. The van der Waals surface area contributed by atoms with Gasteiger partial charge < -0.3 is 5.32 Å². The molecule has 23 heavy (non-hydrogen) atoms. The van der Waals surface area contributed by atoms with Crippen LogP contribution in [0, 0.1) is 0 Å².